The van der Waals surface area contributed by atoms with Crippen LogP contribution in [0.25, 0.3) is 0 Å². The van der Waals surface area contributed by atoms with Gasteiger partial charge in [0, 0.05) is 12.4 Å². The van der Waals surface area contributed by atoms with Gasteiger partial charge in [-0.25, -0.2) is 9.97 Å². The Morgan fingerprint density at radius 3 is 2.36 bits per heavy atom. The highest BCUT2D eigenvalue weighted by Crippen LogP contribution is 1.98. The highest BCUT2D eigenvalue weighted by atomic mass is 32.2. The molecule has 1 rings (SSSR count). The summed E-state index contributed by atoms with van der Waals surface area (Å²) in [5.41, 5.74) is 0. The van der Waals surface area contributed by atoms with Gasteiger partial charge < -0.3 is 4.18 Å². The highest BCUT2D eigenvalue weighted by Gasteiger charge is 2.05. The smallest absolute Gasteiger partial charge is 0.331 e. The van der Waals surface area contributed by atoms with Gasteiger partial charge in [-0.05, 0) is 6.07 Å². The fourth-order valence-corrected chi connectivity index (χ4v) is 0.726. The Labute approximate surface area is 63.3 Å². The minimum atomic E-state index is -4.00. The second-order valence-electron chi connectivity index (χ2n) is 1.61. The molecule has 0 saturated carbocycles. The first-order valence-electron chi connectivity index (χ1n) is 2.57. The summed E-state index contributed by atoms with van der Waals surface area (Å²) in [5, 5.41) is 4.54. The lowest BCUT2D eigenvalue weighted by Gasteiger charge is -1.96. The first-order chi connectivity index (χ1) is 5.08. The normalized spacial score (nSPS) is 11.0. The molecule has 0 amide bonds. The molecular formula is C4H5N3O3S. The second kappa shape index (κ2) is 2.81. The van der Waals surface area contributed by atoms with E-state index in [0.717, 1.165) is 0 Å². The SMILES string of the molecule is NS(=O)(=O)Oc1ncccn1. The van der Waals surface area contributed by atoms with E-state index in [4.69, 9.17) is 0 Å². The Balaban J connectivity index is 2.82. The lowest BCUT2D eigenvalue weighted by Crippen LogP contribution is -2.20. The average Bonchev–Trinajstić information content (AvgIpc) is 1.85. The molecule has 2 N–H and O–H groups in total. The van der Waals surface area contributed by atoms with Gasteiger partial charge in [0.15, 0.2) is 0 Å². The third-order valence-corrected chi connectivity index (χ3v) is 1.11. The minimum Gasteiger partial charge on any atom is -0.331 e. The second-order valence-corrected chi connectivity index (χ2v) is 2.76. The van der Waals surface area contributed by atoms with Gasteiger partial charge in [-0.15, -0.1) is 0 Å². The van der Waals surface area contributed by atoms with E-state index in [2.05, 4.69) is 19.3 Å². The van der Waals surface area contributed by atoms with Crippen molar-refractivity contribution in [2.24, 2.45) is 5.14 Å². The molecule has 0 aliphatic carbocycles. The van der Waals surface area contributed by atoms with Crippen LogP contribution in [0.5, 0.6) is 6.01 Å². The monoisotopic (exact) mass is 175 g/mol. The standard InChI is InChI=1S/C4H5N3O3S/c5-11(8,9)10-4-6-2-1-3-7-4/h1-3H,(H2,5,8,9). The van der Waals surface area contributed by atoms with Gasteiger partial charge in [0.2, 0.25) is 0 Å². The van der Waals surface area contributed by atoms with E-state index < -0.39 is 10.3 Å². The summed E-state index contributed by atoms with van der Waals surface area (Å²) < 4.78 is 24.7. The number of hydrogen-bond acceptors (Lipinski definition) is 5. The molecule has 6 nitrogen and oxygen atoms in total. The largest absolute Gasteiger partial charge is 0.382 e. The Morgan fingerprint density at radius 2 is 1.91 bits per heavy atom. The van der Waals surface area contributed by atoms with Crippen LogP contribution in [0.2, 0.25) is 0 Å². The van der Waals surface area contributed by atoms with Crippen molar-refractivity contribution in [1.82, 2.24) is 9.97 Å². The summed E-state index contributed by atoms with van der Waals surface area (Å²) in [4.78, 5) is 6.94. The van der Waals surface area contributed by atoms with Gasteiger partial charge >= 0.3 is 16.3 Å². The van der Waals surface area contributed by atoms with Crippen molar-refractivity contribution in [2.75, 3.05) is 0 Å². The summed E-state index contributed by atoms with van der Waals surface area (Å²) in [5.74, 6) is 0. The van der Waals surface area contributed by atoms with Crippen molar-refractivity contribution < 1.29 is 12.6 Å². The van der Waals surface area contributed by atoms with Gasteiger partial charge in [0.25, 0.3) is 0 Å². The van der Waals surface area contributed by atoms with Crippen molar-refractivity contribution >= 4 is 10.3 Å². The van der Waals surface area contributed by atoms with Crippen LogP contribution in [-0.4, -0.2) is 18.4 Å². The Kier molecular flexibility index (Phi) is 2.01. The maximum atomic E-state index is 10.3. The van der Waals surface area contributed by atoms with Crippen LogP contribution in [0, 0.1) is 0 Å². The summed E-state index contributed by atoms with van der Waals surface area (Å²) in [6, 6.07) is 1.24. The highest BCUT2D eigenvalue weighted by molar-refractivity contribution is 7.84. The molecule has 0 atom stereocenters. The summed E-state index contributed by atoms with van der Waals surface area (Å²) >= 11 is 0. The first kappa shape index (κ1) is 7.89. The van der Waals surface area contributed by atoms with Crippen LogP contribution in [-0.2, 0) is 10.3 Å². The fourth-order valence-electron chi connectivity index (χ4n) is 0.432. The predicted molar refractivity (Wildman–Crippen MR) is 35.8 cm³/mol. The van der Waals surface area contributed by atoms with Gasteiger partial charge in [-0.1, -0.05) is 0 Å². The van der Waals surface area contributed by atoms with E-state index in [1.165, 1.54) is 18.5 Å². The molecule has 0 unspecified atom stereocenters. The number of aromatic nitrogens is 2. The third-order valence-electron chi connectivity index (χ3n) is 0.733. The van der Waals surface area contributed by atoms with Crippen LogP contribution in [0.4, 0.5) is 0 Å². The average molecular weight is 175 g/mol. The van der Waals surface area contributed by atoms with Crippen molar-refractivity contribution in [3.05, 3.63) is 18.5 Å². The summed E-state index contributed by atoms with van der Waals surface area (Å²) in [6.45, 7) is 0. The van der Waals surface area contributed by atoms with Crippen molar-refractivity contribution in [1.29, 1.82) is 0 Å². The molecule has 0 aliphatic heterocycles. The molecule has 7 heteroatoms. The molecule has 0 spiro atoms. The van der Waals surface area contributed by atoms with Crippen molar-refractivity contribution in [3.8, 4) is 6.01 Å². The fraction of sp³-hybridized carbons (Fsp3) is 0. The molecular weight excluding hydrogens is 170 g/mol. The summed E-state index contributed by atoms with van der Waals surface area (Å²) in [7, 11) is -4.00. The zero-order chi connectivity index (χ0) is 8.32. The van der Waals surface area contributed by atoms with Crippen molar-refractivity contribution in [2.45, 2.75) is 0 Å². The molecule has 1 aromatic heterocycles. The molecule has 1 aromatic rings. The van der Waals surface area contributed by atoms with Crippen LogP contribution in [0.3, 0.4) is 0 Å². The first-order valence-corrected chi connectivity index (χ1v) is 4.04. The van der Waals surface area contributed by atoms with Crippen LogP contribution in [0.1, 0.15) is 0 Å². The van der Waals surface area contributed by atoms with Gasteiger partial charge in [-0.2, -0.15) is 13.6 Å². The Morgan fingerprint density at radius 1 is 1.36 bits per heavy atom. The molecule has 0 aromatic carbocycles. The predicted octanol–water partition coefficient (Wildman–Crippen LogP) is -0.941. The van der Waals surface area contributed by atoms with E-state index in [1.54, 1.807) is 0 Å². The van der Waals surface area contributed by atoms with Crippen LogP contribution >= 0.6 is 0 Å². The van der Waals surface area contributed by atoms with E-state index in [1.807, 2.05) is 0 Å². The zero-order valence-corrected chi connectivity index (χ0v) is 6.15. The maximum Gasteiger partial charge on any atom is 0.382 e. The molecule has 11 heavy (non-hydrogen) atoms. The topological polar surface area (TPSA) is 95.2 Å². The number of nitrogens with two attached hydrogens (primary N) is 1. The lowest BCUT2D eigenvalue weighted by atomic mass is 10.7. The maximum absolute atomic E-state index is 10.3. The minimum absolute atomic E-state index is 0.282. The summed E-state index contributed by atoms with van der Waals surface area (Å²) in [6.07, 6.45) is 2.68. The molecule has 60 valence electrons. The number of rotatable bonds is 2. The van der Waals surface area contributed by atoms with Crippen LogP contribution < -0.4 is 9.32 Å². The molecule has 1 heterocycles. The molecule has 0 bridgehead atoms. The zero-order valence-electron chi connectivity index (χ0n) is 5.34. The number of hydrogen-bond donors (Lipinski definition) is 1. The molecule has 0 aliphatic rings. The van der Waals surface area contributed by atoms with E-state index >= 15 is 0 Å². The lowest BCUT2D eigenvalue weighted by molar-refractivity contribution is 0.465. The van der Waals surface area contributed by atoms with Gasteiger partial charge in [0.1, 0.15) is 0 Å². The van der Waals surface area contributed by atoms with Gasteiger partial charge in [0.05, 0.1) is 0 Å². The molecule has 0 fully saturated rings. The quantitative estimate of drug-likeness (QED) is 0.625. The Bertz CT molecular complexity index is 322. The van der Waals surface area contributed by atoms with E-state index in [0.29, 0.717) is 0 Å². The number of nitrogens with zero attached hydrogens (tertiary/aromatic N) is 2. The molecule has 0 radical (unpaired) electrons. The van der Waals surface area contributed by atoms with Crippen molar-refractivity contribution in [3.63, 3.8) is 0 Å². The van der Waals surface area contributed by atoms with Crippen LogP contribution in [0.15, 0.2) is 18.5 Å². The van der Waals surface area contributed by atoms with E-state index in [9.17, 15) is 8.42 Å². The third kappa shape index (κ3) is 2.92. The molecule has 0 saturated heterocycles. The Hall–Kier alpha value is -1.21. The van der Waals surface area contributed by atoms with E-state index in [-0.39, 0.29) is 6.01 Å². The van der Waals surface area contributed by atoms with Gasteiger partial charge in [-0.3, -0.25) is 0 Å².